The molecule has 0 radical (unpaired) electrons. The number of hydrogen-bond donors (Lipinski definition) is 0. The van der Waals surface area contributed by atoms with Crippen molar-refractivity contribution in [2.24, 2.45) is 0 Å². The van der Waals surface area contributed by atoms with E-state index in [2.05, 4.69) is 191 Å². The summed E-state index contributed by atoms with van der Waals surface area (Å²) in [5, 5.41) is 0. The van der Waals surface area contributed by atoms with Crippen LogP contribution in [0, 0.1) is 0 Å². The molecule has 0 bridgehead atoms. The average Bonchev–Trinajstić information content (AvgIpc) is 3.49. The Kier molecular flexibility index (Phi) is 64.9. The van der Waals surface area contributed by atoms with E-state index >= 15 is 0 Å². The molecule has 0 aliphatic heterocycles. The van der Waals surface area contributed by atoms with Gasteiger partial charge in [0.1, 0.15) is 13.2 Å². The highest BCUT2D eigenvalue weighted by atomic mass is 16.6. The van der Waals surface area contributed by atoms with Crippen molar-refractivity contribution in [2.75, 3.05) is 13.2 Å². The number of hydrogen-bond acceptors (Lipinski definition) is 6. The summed E-state index contributed by atoms with van der Waals surface area (Å²) in [6.45, 7) is 6.40. The molecular weight excluding hydrogens is 1020 g/mol. The van der Waals surface area contributed by atoms with Gasteiger partial charge in [0, 0.05) is 19.3 Å². The van der Waals surface area contributed by atoms with Crippen molar-refractivity contribution in [3.8, 4) is 0 Å². The third kappa shape index (κ3) is 67.4. The van der Waals surface area contributed by atoms with Gasteiger partial charge in [0.25, 0.3) is 0 Å². The van der Waals surface area contributed by atoms with Gasteiger partial charge in [-0.25, -0.2) is 0 Å². The molecule has 0 aromatic heterocycles. The second kappa shape index (κ2) is 69.3. The molecule has 0 N–H and O–H groups in total. The lowest BCUT2D eigenvalue weighted by molar-refractivity contribution is -0.167. The number of esters is 3. The fraction of sp³-hybridized carbons (Fsp3) is 0.597. The molecule has 0 rings (SSSR count). The summed E-state index contributed by atoms with van der Waals surface area (Å²) < 4.78 is 16.9. The largest absolute Gasteiger partial charge is 0.462 e. The number of rotatable bonds is 59. The monoisotopic (exact) mass is 1140 g/mol. The van der Waals surface area contributed by atoms with Crippen molar-refractivity contribution in [1.29, 1.82) is 0 Å². The van der Waals surface area contributed by atoms with Crippen LogP contribution in [0.1, 0.15) is 278 Å². The van der Waals surface area contributed by atoms with E-state index in [4.69, 9.17) is 14.2 Å². The van der Waals surface area contributed by atoms with Gasteiger partial charge in [0.2, 0.25) is 0 Å². The molecule has 6 heteroatoms. The molecular formula is C77H122O6. The molecule has 0 aromatic rings. The second-order valence-corrected chi connectivity index (χ2v) is 21.6. The molecule has 0 spiro atoms. The Morgan fingerprint density at radius 1 is 0.253 bits per heavy atom. The fourth-order valence-corrected chi connectivity index (χ4v) is 8.66. The third-order valence-electron chi connectivity index (χ3n) is 13.7. The first-order valence-corrected chi connectivity index (χ1v) is 33.6. The number of unbranched alkanes of at least 4 members (excludes halogenated alkanes) is 20. The van der Waals surface area contributed by atoms with Crippen LogP contribution in [0.25, 0.3) is 0 Å². The van der Waals surface area contributed by atoms with Gasteiger partial charge in [-0.3, -0.25) is 14.4 Å². The Morgan fingerprint density at radius 2 is 0.494 bits per heavy atom. The minimum absolute atomic E-state index is 0.109. The maximum Gasteiger partial charge on any atom is 0.306 e. The van der Waals surface area contributed by atoms with E-state index < -0.39 is 6.10 Å². The molecule has 0 amide bonds. The van der Waals surface area contributed by atoms with E-state index in [-0.39, 0.29) is 31.1 Å². The number of carbonyl (C=O) groups excluding carboxylic acids is 3. The predicted octanol–water partition coefficient (Wildman–Crippen LogP) is 23.4. The summed E-state index contributed by atoms with van der Waals surface area (Å²) in [5.74, 6) is -0.972. The summed E-state index contributed by atoms with van der Waals surface area (Å²) >= 11 is 0. The first kappa shape index (κ1) is 77.8. The SMILES string of the molecule is CC/C=C\C/C=C\C/C=C\C/C=C\C/C=C\C/C=C\C/C=C\C/C=C\C/C=C\CCCCCC(=O)OCC(COC(=O)CCCCCCC/C=C\C/C=C\CCC)OC(=O)CCCCCCCC/C=C\C/C=C\C/C=C\CCCCCCC. The van der Waals surface area contributed by atoms with E-state index in [0.717, 1.165) is 180 Å². The quantitative estimate of drug-likeness (QED) is 0.0261. The maximum absolute atomic E-state index is 12.9. The molecule has 0 fully saturated rings. The Hall–Kier alpha value is -5.23. The van der Waals surface area contributed by atoms with E-state index in [1.54, 1.807) is 0 Å². The first-order chi connectivity index (χ1) is 41.0. The van der Waals surface area contributed by atoms with E-state index in [1.807, 2.05) is 0 Å². The van der Waals surface area contributed by atoms with Crippen molar-refractivity contribution in [2.45, 2.75) is 284 Å². The summed E-state index contributed by atoms with van der Waals surface area (Å²) in [4.78, 5) is 38.3. The molecule has 0 saturated heterocycles. The smallest absolute Gasteiger partial charge is 0.306 e. The molecule has 0 saturated carbocycles. The molecule has 1 atom stereocenters. The van der Waals surface area contributed by atoms with E-state index in [9.17, 15) is 14.4 Å². The highest BCUT2D eigenvalue weighted by Crippen LogP contribution is 2.14. The fourth-order valence-electron chi connectivity index (χ4n) is 8.66. The topological polar surface area (TPSA) is 78.9 Å². The maximum atomic E-state index is 12.9. The highest BCUT2D eigenvalue weighted by molar-refractivity contribution is 5.71. The highest BCUT2D eigenvalue weighted by Gasteiger charge is 2.19. The van der Waals surface area contributed by atoms with Crippen LogP contribution in [0.3, 0.4) is 0 Å². The molecule has 0 aromatic carbocycles. The van der Waals surface area contributed by atoms with Crippen molar-refractivity contribution in [3.05, 3.63) is 170 Å². The normalized spacial score (nSPS) is 13.2. The number of ether oxygens (including phenoxy) is 3. The molecule has 0 aliphatic carbocycles. The van der Waals surface area contributed by atoms with Crippen LogP contribution in [0.2, 0.25) is 0 Å². The Bertz CT molecular complexity index is 1890. The predicted molar refractivity (Wildman–Crippen MR) is 361 cm³/mol. The zero-order chi connectivity index (χ0) is 59.9. The second-order valence-electron chi connectivity index (χ2n) is 21.6. The van der Waals surface area contributed by atoms with Gasteiger partial charge < -0.3 is 14.2 Å². The van der Waals surface area contributed by atoms with Gasteiger partial charge in [-0.1, -0.05) is 274 Å². The number of carbonyl (C=O) groups is 3. The average molecular weight is 1140 g/mol. The molecule has 0 aliphatic rings. The van der Waals surface area contributed by atoms with Crippen molar-refractivity contribution in [3.63, 3.8) is 0 Å². The van der Waals surface area contributed by atoms with Crippen molar-refractivity contribution < 1.29 is 28.6 Å². The summed E-state index contributed by atoms with van der Waals surface area (Å²) in [6.07, 6.45) is 102. The van der Waals surface area contributed by atoms with Crippen LogP contribution in [0.4, 0.5) is 0 Å². The zero-order valence-corrected chi connectivity index (χ0v) is 53.4. The van der Waals surface area contributed by atoms with Crippen LogP contribution in [-0.4, -0.2) is 37.2 Å². The zero-order valence-electron chi connectivity index (χ0n) is 53.4. The van der Waals surface area contributed by atoms with Crippen LogP contribution in [0.15, 0.2) is 170 Å². The van der Waals surface area contributed by atoms with Gasteiger partial charge in [-0.15, -0.1) is 0 Å². The van der Waals surface area contributed by atoms with Crippen LogP contribution >= 0.6 is 0 Å². The van der Waals surface area contributed by atoms with Gasteiger partial charge in [-0.05, 0) is 154 Å². The lowest BCUT2D eigenvalue weighted by atomic mass is 10.1. The molecule has 1 unspecified atom stereocenters. The summed E-state index contributed by atoms with van der Waals surface area (Å²) in [7, 11) is 0. The summed E-state index contributed by atoms with van der Waals surface area (Å²) in [6, 6.07) is 0. The van der Waals surface area contributed by atoms with Gasteiger partial charge >= 0.3 is 17.9 Å². The van der Waals surface area contributed by atoms with Gasteiger partial charge in [0.05, 0.1) is 0 Å². The molecule has 83 heavy (non-hydrogen) atoms. The molecule has 466 valence electrons. The van der Waals surface area contributed by atoms with E-state index in [0.29, 0.717) is 19.3 Å². The Morgan fingerprint density at radius 3 is 0.795 bits per heavy atom. The standard InChI is InChI=1S/C77H122O6/c1-4-7-10-13-16-19-22-25-27-29-31-33-34-35-36-37-38-39-40-41-42-44-45-47-49-52-55-58-61-64-67-70-76(79)82-73-74(72-81-75(78)69-66-63-60-57-54-51-24-21-18-15-12-9-6-3)83-77(80)71-68-65-62-59-56-53-50-48-46-43-32-30-28-26-23-20-17-14-11-8-5-2/h7,10,12,15-16,19,21,23-27,30-33,35-36,38-39,41-42,45-48,52,55,74H,4-6,8-9,11,13-14,17-18,20,22,28-29,34,37,40,43-44,49-51,53-54,56-73H2,1-3H3/b10-7-,15-12-,19-16-,24-21-,26-23-,27-25-,32-30-,33-31-,36-35-,39-38-,42-41-,47-45-,48-46-,55-52-. The third-order valence-corrected chi connectivity index (χ3v) is 13.7. The van der Waals surface area contributed by atoms with Crippen molar-refractivity contribution >= 4 is 17.9 Å². The minimum Gasteiger partial charge on any atom is -0.462 e. The number of allylic oxidation sites excluding steroid dienone is 28. The minimum atomic E-state index is -0.815. The van der Waals surface area contributed by atoms with Crippen LogP contribution in [-0.2, 0) is 28.6 Å². The Balaban J connectivity index is 4.45. The van der Waals surface area contributed by atoms with Gasteiger partial charge in [0.15, 0.2) is 6.10 Å². The molecule has 6 nitrogen and oxygen atoms in total. The lowest BCUT2D eigenvalue weighted by Gasteiger charge is -2.18. The van der Waals surface area contributed by atoms with Gasteiger partial charge in [-0.2, -0.15) is 0 Å². The Labute approximate surface area is 511 Å². The van der Waals surface area contributed by atoms with Crippen molar-refractivity contribution in [1.82, 2.24) is 0 Å². The lowest BCUT2D eigenvalue weighted by Crippen LogP contribution is -2.30. The summed E-state index contributed by atoms with van der Waals surface area (Å²) in [5.41, 5.74) is 0. The van der Waals surface area contributed by atoms with E-state index in [1.165, 1.54) is 57.8 Å². The molecule has 0 heterocycles. The van der Waals surface area contributed by atoms with Crippen LogP contribution in [0.5, 0.6) is 0 Å². The first-order valence-electron chi connectivity index (χ1n) is 33.6. The van der Waals surface area contributed by atoms with Crippen LogP contribution < -0.4 is 0 Å².